The number of piperidine rings is 1. The van der Waals surface area contributed by atoms with Gasteiger partial charge in [0.1, 0.15) is 0 Å². The van der Waals surface area contributed by atoms with Gasteiger partial charge < -0.3 is 10.2 Å². The Balaban J connectivity index is 1.44. The van der Waals surface area contributed by atoms with Crippen molar-refractivity contribution < 1.29 is 4.79 Å². The predicted octanol–water partition coefficient (Wildman–Crippen LogP) is 3.81. The van der Waals surface area contributed by atoms with Crippen LogP contribution in [-0.4, -0.2) is 39.2 Å². The highest BCUT2D eigenvalue weighted by Crippen LogP contribution is 2.32. The molecule has 1 fully saturated rings. The smallest absolute Gasteiger partial charge is 0.231 e. The molecule has 0 aliphatic carbocycles. The minimum absolute atomic E-state index is 0.0204. The van der Waals surface area contributed by atoms with Crippen LogP contribution in [0.2, 0.25) is 5.15 Å². The van der Waals surface area contributed by atoms with Gasteiger partial charge in [-0.05, 0) is 44.0 Å². The van der Waals surface area contributed by atoms with Gasteiger partial charge >= 0.3 is 0 Å². The topological polar surface area (TPSA) is 83.9 Å². The van der Waals surface area contributed by atoms with E-state index in [2.05, 4.69) is 30.4 Å². The number of hydrogen-bond acceptors (Lipinski definition) is 7. The van der Waals surface area contributed by atoms with Crippen LogP contribution in [0.1, 0.15) is 18.5 Å². The van der Waals surface area contributed by atoms with Crippen molar-refractivity contribution in [2.75, 3.05) is 23.3 Å². The maximum absolute atomic E-state index is 12.8. The van der Waals surface area contributed by atoms with Crippen molar-refractivity contribution in [3.8, 4) is 10.6 Å². The van der Waals surface area contributed by atoms with E-state index in [9.17, 15) is 4.79 Å². The van der Waals surface area contributed by atoms with Crippen LogP contribution in [0.15, 0.2) is 36.5 Å². The number of amides is 1. The molecule has 7 nitrogen and oxygen atoms in total. The molecule has 4 rings (SSSR count). The lowest BCUT2D eigenvalue weighted by Gasteiger charge is -2.32. The minimum Gasteiger partial charge on any atom is -0.354 e. The van der Waals surface area contributed by atoms with E-state index in [0.717, 1.165) is 41.5 Å². The summed E-state index contributed by atoms with van der Waals surface area (Å²) in [5.41, 5.74) is 1.73. The van der Waals surface area contributed by atoms with Crippen molar-refractivity contribution in [1.29, 1.82) is 0 Å². The molecule has 1 saturated heterocycles. The number of aromatic nitrogens is 4. The normalized spacial score (nSPS) is 16.8. The highest BCUT2D eigenvalue weighted by atomic mass is 35.5. The lowest BCUT2D eigenvalue weighted by atomic mass is 9.97. The average Bonchev–Trinajstić information content (AvgIpc) is 3.09. The molecule has 144 valence electrons. The van der Waals surface area contributed by atoms with Gasteiger partial charge in [0.2, 0.25) is 5.91 Å². The van der Waals surface area contributed by atoms with Gasteiger partial charge in [-0.15, -0.1) is 10.2 Å². The molecule has 1 aliphatic heterocycles. The van der Waals surface area contributed by atoms with Gasteiger partial charge in [0, 0.05) is 19.3 Å². The third-order valence-electron chi connectivity index (χ3n) is 4.66. The van der Waals surface area contributed by atoms with E-state index in [4.69, 9.17) is 11.6 Å². The van der Waals surface area contributed by atoms with Crippen molar-refractivity contribution in [3.05, 3.63) is 47.4 Å². The third-order valence-corrected chi connectivity index (χ3v) is 5.96. The van der Waals surface area contributed by atoms with E-state index in [-0.39, 0.29) is 11.8 Å². The summed E-state index contributed by atoms with van der Waals surface area (Å²) in [4.78, 5) is 24.7. The van der Waals surface area contributed by atoms with E-state index in [1.54, 1.807) is 12.3 Å². The standard InChI is InChI=1S/C19H19ClN6OS/c1-12-17(14-6-2-3-9-21-14)28-19(22-12)23-18(27)13-5-4-10-26(11-13)16-8-7-15(20)24-25-16/h2-3,6-9,13H,4-5,10-11H2,1H3,(H,22,23,27)/t13-/m1/s1. The second-order valence-electron chi connectivity index (χ2n) is 6.64. The first-order valence-corrected chi connectivity index (χ1v) is 10.2. The number of nitrogens with one attached hydrogen (secondary N) is 1. The molecule has 0 aromatic carbocycles. The molecule has 3 aromatic heterocycles. The summed E-state index contributed by atoms with van der Waals surface area (Å²) in [5.74, 6) is 0.589. The summed E-state index contributed by atoms with van der Waals surface area (Å²) in [5, 5.41) is 12.0. The first-order chi connectivity index (χ1) is 13.6. The molecule has 1 atom stereocenters. The summed E-state index contributed by atoms with van der Waals surface area (Å²) >= 11 is 7.26. The van der Waals surface area contributed by atoms with Gasteiger partial charge in [-0.2, -0.15) is 0 Å². The van der Waals surface area contributed by atoms with Crippen LogP contribution in [0.25, 0.3) is 10.6 Å². The van der Waals surface area contributed by atoms with Gasteiger partial charge in [0.15, 0.2) is 16.1 Å². The van der Waals surface area contributed by atoms with Crippen LogP contribution in [0.3, 0.4) is 0 Å². The molecular formula is C19H19ClN6OS. The van der Waals surface area contributed by atoms with E-state index in [1.165, 1.54) is 11.3 Å². The van der Waals surface area contributed by atoms with Crippen LogP contribution in [0, 0.1) is 12.8 Å². The fourth-order valence-electron chi connectivity index (χ4n) is 3.27. The lowest BCUT2D eigenvalue weighted by Crippen LogP contribution is -2.41. The number of aryl methyl sites for hydroxylation is 1. The first-order valence-electron chi connectivity index (χ1n) is 9.04. The zero-order valence-corrected chi connectivity index (χ0v) is 16.9. The molecule has 0 unspecified atom stereocenters. The van der Waals surface area contributed by atoms with Gasteiger partial charge in [-0.3, -0.25) is 9.78 Å². The van der Waals surface area contributed by atoms with Crippen LogP contribution in [-0.2, 0) is 4.79 Å². The van der Waals surface area contributed by atoms with Crippen LogP contribution >= 0.6 is 22.9 Å². The molecule has 3 aromatic rings. The molecule has 0 radical (unpaired) electrons. The zero-order chi connectivity index (χ0) is 19.5. The molecule has 1 N–H and O–H groups in total. The number of rotatable bonds is 4. The van der Waals surface area contributed by atoms with Gasteiger partial charge in [-0.25, -0.2) is 4.98 Å². The Morgan fingerprint density at radius 1 is 1.29 bits per heavy atom. The fourth-order valence-corrected chi connectivity index (χ4v) is 4.32. The number of thiazole rings is 1. The quantitative estimate of drug-likeness (QED) is 0.698. The Kier molecular flexibility index (Phi) is 5.50. The highest BCUT2D eigenvalue weighted by Gasteiger charge is 2.27. The summed E-state index contributed by atoms with van der Waals surface area (Å²) < 4.78 is 0. The molecule has 0 spiro atoms. The molecule has 1 amide bonds. The maximum Gasteiger partial charge on any atom is 0.231 e. The third kappa shape index (κ3) is 4.13. The van der Waals surface area contributed by atoms with Crippen molar-refractivity contribution >= 4 is 39.8 Å². The van der Waals surface area contributed by atoms with Gasteiger partial charge in [0.25, 0.3) is 0 Å². The van der Waals surface area contributed by atoms with Crippen LogP contribution in [0.4, 0.5) is 10.9 Å². The summed E-state index contributed by atoms with van der Waals surface area (Å²) in [6, 6.07) is 9.31. The summed E-state index contributed by atoms with van der Waals surface area (Å²) in [6.07, 6.45) is 3.50. The predicted molar refractivity (Wildman–Crippen MR) is 111 cm³/mol. The second-order valence-corrected chi connectivity index (χ2v) is 8.02. The Bertz CT molecular complexity index is 962. The highest BCUT2D eigenvalue weighted by molar-refractivity contribution is 7.19. The molecule has 0 bridgehead atoms. The van der Waals surface area contributed by atoms with Crippen molar-refractivity contribution in [3.63, 3.8) is 0 Å². The number of hydrogen-bond donors (Lipinski definition) is 1. The number of carbonyl (C=O) groups excluding carboxylic acids is 1. The van der Waals surface area contributed by atoms with Crippen molar-refractivity contribution in [1.82, 2.24) is 20.2 Å². The number of halogens is 1. The van der Waals surface area contributed by atoms with E-state index < -0.39 is 0 Å². The second kappa shape index (κ2) is 8.20. The van der Waals surface area contributed by atoms with Gasteiger partial charge in [0.05, 0.1) is 22.2 Å². The Hall–Kier alpha value is -2.58. The number of nitrogens with zero attached hydrogens (tertiary/aromatic N) is 5. The maximum atomic E-state index is 12.8. The monoisotopic (exact) mass is 414 g/mol. The molecule has 9 heteroatoms. The van der Waals surface area contributed by atoms with E-state index >= 15 is 0 Å². The van der Waals surface area contributed by atoms with Gasteiger partial charge in [-0.1, -0.05) is 29.0 Å². The summed E-state index contributed by atoms with van der Waals surface area (Å²) in [7, 11) is 0. The largest absolute Gasteiger partial charge is 0.354 e. The molecule has 4 heterocycles. The summed E-state index contributed by atoms with van der Waals surface area (Å²) in [6.45, 7) is 3.37. The van der Waals surface area contributed by atoms with Crippen LogP contribution < -0.4 is 10.2 Å². The Morgan fingerprint density at radius 2 is 2.18 bits per heavy atom. The lowest BCUT2D eigenvalue weighted by molar-refractivity contribution is -0.120. The van der Waals surface area contributed by atoms with E-state index in [1.807, 2.05) is 31.2 Å². The van der Waals surface area contributed by atoms with Crippen LogP contribution in [0.5, 0.6) is 0 Å². The van der Waals surface area contributed by atoms with Crippen molar-refractivity contribution in [2.24, 2.45) is 5.92 Å². The molecule has 0 saturated carbocycles. The average molecular weight is 415 g/mol. The Labute approximate surface area is 171 Å². The Morgan fingerprint density at radius 3 is 2.93 bits per heavy atom. The number of anilines is 2. The van der Waals surface area contributed by atoms with Crippen molar-refractivity contribution in [2.45, 2.75) is 19.8 Å². The molecule has 1 aliphatic rings. The first kappa shape index (κ1) is 18.8. The zero-order valence-electron chi connectivity index (χ0n) is 15.3. The fraction of sp³-hybridized carbons (Fsp3) is 0.316. The molecule has 28 heavy (non-hydrogen) atoms. The number of pyridine rings is 1. The number of carbonyl (C=O) groups is 1. The SMILES string of the molecule is Cc1nc(NC(=O)[C@@H]2CCCN(c3ccc(Cl)nn3)C2)sc1-c1ccccn1. The van der Waals surface area contributed by atoms with E-state index in [0.29, 0.717) is 16.8 Å². The minimum atomic E-state index is -0.131. The molecular weight excluding hydrogens is 396 g/mol.